The van der Waals surface area contributed by atoms with Gasteiger partial charge in [0, 0.05) is 17.1 Å². The number of amides is 2. The van der Waals surface area contributed by atoms with Gasteiger partial charge in [-0.15, -0.1) is 0 Å². The van der Waals surface area contributed by atoms with Gasteiger partial charge in [0.2, 0.25) is 0 Å². The Labute approximate surface area is 220 Å². The first-order valence-corrected chi connectivity index (χ1v) is 11.7. The summed E-state index contributed by atoms with van der Waals surface area (Å²) in [6, 6.07) is 18.0. The molecule has 3 aromatic carbocycles. The summed E-state index contributed by atoms with van der Waals surface area (Å²) in [6.45, 7) is 1.87. The Kier molecular flexibility index (Phi) is 6.75. The molecule has 2 amide bonds. The van der Waals surface area contributed by atoms with E-state index in [0.29, 0.717) is 22.8 Å². The third kappa shape index (κ3) is 5.59. The van der Waals surface area contributed by atoms with E-state index >= 15 is 0 Å². The van der Waals surface area contributed by atoms with Crippen LogP contribution in [0.3, 0.4) is 0 Å². The number of nitrogens with zero attached hydrogens (tertiary/aromatic N) is 4. The van der Waals surface area contributed by atoms with Crippen LogP contribution in [0.1, 0.15) is 11.3 Å². The van der Waals surface area contributed by atoms with Gasteiger partial charge in [-0.05, 0) is 73.7 Å². The number of carbonyl (C=O) groups excluding carboxylic acids is 1. The number of aromatic nitrogens is 4. The maximum Gasteiger partial charge on any atom is 0.416 e. The van der Waals surface area contributed by atoms with Crippen molar-refractivity contribution in [3.63, 3.8) is 0 Å². The predicted octanol–water partition coefficient (Wildman–Crippen LogP) is 6.54. The van der Waals surface area contributed by atoms with Gasteiger partial charge in [0.25, 0.3) is 0 Å². The fourth-order valence-corrected chi connectivity index (χ4v) is 3.96. The Hall–Kier alpha value is -5.13. The zero-order valence-corrected chi connectivity index (χ0v) is 20.7. The van der Waals surface area contributed by atoms with Crippen molar-refractivity contribution in [2.45, 2.75) is 13.1 Å². The predicted molar refractivity (Wildman–Crippen MR) is 142 cm³/mol. The number of methoxy groups -OCH3 is 1. The minimum Gasteiger partial charge on any atom is -0.497 e. The summed E-state index contributed by atoms with van der Waals surface area (Å²) in [5, 5.41) is 13.6. The van der Waals surface area contributed by atoms with Crippen LogP contribution in [0.2, 0.25) is 0 Å². The normalized spacial score (nSPS) is 11.3. The van der Waals surface area contributed by atoms with E-state index in [9.17, 15) is 18.0 Å². The number of hydrogen-bond acceptors (Lipinski definition) is 6. The molecule has 0 aliphatic rings. The summed E-state index contributed by atoms with van der Waals surface area (Å²) in [5.41, 5.74) is 2.49. The van der Waals surface area contributed by atoms with E-state index in [1.165, 1.54) is 18.5 Å². The van der Waals surface area contributed by atoms with Crippen LogP contribution in [0.25, 0.3) is 16.7 Å². The summed E-state index contributed by atoms with van der Waals surface area (Å²) >= 11 is 0. The number of halogens is 3. The molecule has 5 aromatic rings. The van der Waals surface area contributed by atoms with Gasteiger partial charge in [0.05, 0.1) is 29.4 Å². The number of benzene rings is 3. The van der Waals surface area contributed by atoms with Crippen molar-refractivity contribution in [1.29, 1.82) is 0 Å². The van der Waals surface area contributed by atoms with Gasteiger partial charge in [0.1, 0.15) is 17.9 Å². The molecule has 0 aliphatic heterocycles. The van der Waals surface area contributed by atoms with Gasteiger partial charge >= 0.3 is 12.2 Å². The van der Waals surface area contributed by atoms with Crippen molar-refractivity contribution in [1.82, 2.24) is 19.7 Å². The fraction of sp³-hybridized carbons (Fsp3) is 0.111. The second kappa shape index (κ2) is 10.3. The highest BCUT2D eigenvalue weighted by molar-refractivity contribution is 6.00. The Morgan fingerprint density at radius 3 is 2.28 bits per heavy atom. The van der Waals surface area contributed by atoms with Crippen LogP contribution in [-0.2, 0) is 6.18 Å². The number of nitrogens with one attached hydrogen (secondary N) is 3. The topological polar surface area (TPSA) is 106 Å². The van der Waals surface area contributed by atoms with E-state index in [-0.39, 0.29) is 5.69 Å². The van der Waals surface area contributed by atoms with Crippen molar-refractivity contribution < 1.29 is 22.7 Å². The van der Waals surface area contributed by atoms with E-state index in [1.807, 2.05) is 31.2 Å². The maximum absolute atomic E-state index is 12.9. The molecule has 0 atom stereocenters. The minimum absolute atomic E-state index is 0.0268. The lowest BCUT2D eigenvalue weighted by atomic mass is 10.2. The highest BCUT2D eigenvalue weighted by Gasteiger charge is 2.30. The first-order chi connectivity index (χ1) is 18.7. The number of alkyl halides is 3. The van der Waals surface area contributed by atoms with E-state index < -0.39 is 17.8 Å². The van der Waals surface area contributed by atoms with Crippen LogP contribution in [0.5, 0.6) is 5.75 Å². The van der Waals surface area contributed by atoms with Crippen LogP contribution in [0, 0.1) is 6.92 Å². The average Bonchev–Trinajstić information content (AvgIpc) is 3.26. The van der Waals surface area contributed by atoms with E-state index in [2.05, 4.69) is 31.0 Å². The zero-order chi connectivity index (χ0) is 27.6. The first kappa shape index (κ1) is 25.5. The van der Waals surface area contributed by atoms with E-state index in [0.717, 1.165) is 34.6 Å². The first-order valence-electron chi connectivity index (χ1n) is 11.7. The summed E-state index contributed by atoms with van der Waals surface area (Å²) in [5.74, 6) is 1.29. The van der Waals surface area contributed by atoms with Crippen LogP contribution in [0.15, 0.2) is 79.1 Å². The molecule has 0 unspecified atom stereocenters. The van der Waals surface area contributed by atoms with Crippen molar-refractivity contribution >= 4 is 39.9 Å². The standard InChI is InChI=1S/C27H22F3N7O2/c1-16-23-24(31-15-32-25(23)37(36-16)21-10-12-22(39-2)13-11-21)33-18-6-8-19(9-7-18)34-26(38)35-20-5-3-4-17(14-20)27(28,29)30/h3-15H,1-2H3,(H,31,32,33)(H2,34,35,38). The average molecular weight is 534 g/mol. The van der Waals surface area contributed by atoms with Crippen LogP contribution in [0.4, 0.5) is 40.8 Å². The van der Waals surface area contributed by atoms with Gasteiger partial charge in [-0.2, -0.15) is 18.3 Å². The monoisotopic (exact) mass is 533 g/mol. The lowest BCUT2D eigenvalue weighted by Gasteiger charge is -2.11. The Bertz CT molecular complexity index is 1630. The van der Waals surface area contributed by atoms with Crippen LogP contribution in [-0.4, -0.2) is 32.9 Å². The van der Waals surface area contributed by atoms with Gasteiger partial charge in [0.15, 0.2) is 5.65 Å². The molecule has 0 spiro atoms. The Morgan fingerprint density at radius 1 is 0.897 bits per heavy atom. The van der Waals surface area contributed by atoms with Crippen molar-refractivity contribution in [3.05, 3.63) is 90.4 Å². The molecule has 0 aliphatic carbocycles. The molecule has 0 saturated carbocycles. The molecular weight excluding hydrogens is 511 g/mol. The third-order valence-electron chi connectivity index (χ3n) is 5.81. The Morgan fingerprint density at radius 2 is 1.59 bits per heavy atom. The van der Waals surface area contributed by atoms with E-state index in [1.54, 1.807) is 36.1 Å². The molecule has 3 N–H and O–H groups in total. The number of ether oxygens (including phenoxy) is 1. The quantitative estimate of drug-likeness (QED) is 0.229. The number of urea groups is 1. The number of fused-ring (bicyclic) bond motifs is 1. The van der Waals surface area contributed by atoms with Crippen LogP contribution >= 0.6 is 0 Å². The second-order valence-corrected chi connectivity index (χ2v) is 8.48. The largest absolute Gasteiger partial charge is 0.497 e. The summed E-state index contributed by atoms with van der Waals surface area (Å²) in [6.07, 6.45) is -3.06. The van der Waals surface area contributed by atoms with Crippen molar-refractivity contribution in [2.75, 3.05) is 23.1 Å². The number of hydrogen-bond donors (Lipinski definition) is 3. The molecule has 9 nitrogen and oxygen atoms in total. The molecule has 0 radical (unpaired) electrons. The number of aryl methyl sites for hydroxylation is 1. The number of anilines is 4. The Balaban J connectivity index is 1.30. The summed E-state index contributed by atoms with van der Waals surface area (Å²) in [7, 11) is 1.60. The van der Waals surface area contributed by atoms with Gasteiger partial charge in [-0.1, -0.05) is 6.07 Å². The minimum atomic E-state index is -4.50. The van der Waals surface area contributed by atoms with Crippen LogP contribution < -0.4 is 20.7 Å². The molecule has 0 bridgehead atoms. The molecule has 39 heavy (non-hydrogen) atoms. The fourth-order valence-electron chi connectivity index (χ4n) is 3.96. The highest BCUT2D eigenvalue weighted by Crippen LogP contribution is 2.31. The van der Waals surface area contributed by atoms with Gasteiger partial charge < -0.3 is 20.7 Å². The summed E-state index contributed by atoms with van der Waals surface area (Å²) in [4.78, 5) is 21.1. The number of carbonyl (C=O) groups is 1. The smallest absolute Gasteiger partial charge is 0.416 e. The molecule has 2 aromatic heterocycles. The lowest BCUT2D eigenvalue weighted by Crippen LogP contribution is -2.19. The SMILES string of the molecule is COc1ccc(-n2nc(C)c3c(Nc4ccc(NC(=O)Nc5cccc(C(F)(F)F)c5)cc4)ncnc32)cc1. The highest BCUT2D eigenvalue weighted by atomic mass is 19.4. The molecule has 5 rings (SSSR count). The van der Waals surface area contributed by atoms with Crippen molar-refractivity contribution in [3.8, 4) is 11.4 Å². The van der Waals surface area contributed by atoms with E-state index in [4.69, 9.17) is 4.74 Å². The molecule has 0 fully saturated rings. The molecule has 12 heteroatoms. The van der Waals surface area contributed by atoms with Gasteiger partial charge in [-0.25, -0.2) is 19.4 Å². The van der Waals surface area contributed by atoms with Crippen molar-refractivity contribution in [2.24, 2.45) is 0 Å². The summed E-state index contributed by atoms with van der Waals surface area (Å²) < 4.78 is 45.7. The third-order valence-corrected chi connectivity index (χ3v) is 5.81. The van der Waals surface area contributed by atoms with Gasteiger partial charge in [-0.3, -0.25) is 0 Å². The second-order valence-electron chi connectivity index (χ2n) is 8.48. The lowest BCUT2D eigenvalue weighted by molar-refractivity contribution is -0.137. The molecular formula is C27H22F3N7O2. The molecule has 0 saturated heterocycles. The molecule has 198 valence electrons. The zero-order valence-electron chi connectivity index (χ0n) is 20.7. The maximum atomic E-state index is 12.9. The number of rotatable bonds is 6. The molecule has 2 heterocycles.